The Morgan fingerprint density at radius 2 is 1.94 bits per heavy atom. The van der Waals surface area contributed by atoms with Crippen LogP contribution in [0.2, 0.25) is 0 Å². The van der Waals surface area contributed by atoms with Crippen molar-refractivity contribution in [3.05, 3.63) is 48.0 Å². The maximum atomic E-state index is 11.0. The van der Waals surface area contributed by atoms with Crippen LogP contribution in [0.1, 0.15) is 12.0 Å². The molecule has 2 rings (SSSR count). The fraction of sp³-hybridized carbons (Fsp3) is 0.133. The standard InChI is InChI=1S/C15H15NO2/c1-18-15(17)4-2-3-11-5-6-13-10-14(16)8-7-12(13)9-11/h2-3,5-10H,4,16H2,1H3. The molecule has 3 nitrogen and oxygen atoms in total. The number of fused-ring (bicyclic) bond motifs is 1. The Bertz CT molecular complexity index is 602. The number of ether oxygens (including phenoxy) is 1. The molecular formula is C15H15NO2. The van der Waals surface area contributed by atoms with Crippen molar-refractivity contribution in [2.24, 2.45) is 0 Å². The molecule has 2 aromatic rings. The number of anilines is 1. The number of nitrogen functional groups attached to an aromatic ring is 1. The largest absolute Gasteiger partial charge is 0.469 e. The highest BCUT2D eigenvalue weighted by molar-refractivity contribution is 5.87. The smallest absolute Gasteiger partial charge is 0.309 e. The molecule has 18 heavy (non-hydrogen) atoms. The Balaban J connectivity index is 2.20. The van der Waals surface area contributed by atoms with Crippen LogP contribution in [0.5, 0.6) is 0 Å². The van der Waals surface area contributed by atoms with Crippen LogP contribution in [-0.2, 0) is 9.53 Å². The second kappa shape index (κ2) is 5.36. The van der Waals surface area contributed by atoms with Crippen LogP contribution in [0, 0.1) is 0 Å². The number of methoxy groups -OCH3 is 1. The van der Waals surface area contributed by atoms with Gasteiger partial charge in [0.25, 0.3) is 0 Å². The SMILES string of the molecule is COC(=O)CC=Cc1ccc2cc(N)ccc2c1. The van der Waals surface area contributed by atoms with E-state index in [0.29, 0.717) is 0 Å². The molecule has 0 atom stereocenters. The first kappa shape index (κ1) is 12.2. The number of hydrogen-bond donors (Lipinski definition) is 1. The zero-order valence-electron chi connectivity index (χ0n) is 10.2. The van der Waals surface area contributed by atoms with Gasteiger partial charge in [0.15, 0.2) is 0 Å². The van der Waals surface area contributed by atoms with E-state index in [1.807, 2.05) is 36.4 Å². The number of nitrogens with two attached hydrogens (primary N) is 1. The van der Waals surface area contributed by atoms with Gasteiger partial charge < -0.3 is 10.5 Å². The third-order valence-electron chi connectivity index (χ3n) is 2.71. The first-order valence-corrected chi connectivity index (χ1v) is 5.72. The summed E-state index contributed by atoms with van der Waals surface area (Å²) in [5, 5.41) is 2.24. The number of rotatable bonds is 3. The van der Waals surface area contributed by atoms with Gasteiger partial charge in [0.1, 0.15) is 0 Å². The van der Waals surface area contributed by atoms with Crippen molar-refractivity contribution in [3.8, 4) is 0 Å². The Kier molecular flexibility index (Phi) is 3.63. The summed E-state index contributed by atoms with van der Waals surface area (Å²) in [7, 11) is 1.39. The third kappa shape index (κ3) is 2.88. The van der Waals surface area contributed by atoms with Crippen LogP contribution in [0.25, 0.3) is 16.8 Å². The molecule has 0 spiro atoms. The number of esters is 1. The van der Waals surface area contributed by atoms with Gasteiger partial charge in [-0.05, 0) is 34.5 Å². The molecule has 0 bridgehead atoms. The van der Waals surface area contributed by atoms with Crippen molar-refractivity contribution in [1.82, 2.24) is 0 Å². The van der Waals surface area contributed by atoms with Crippen molar-refractivity contribution < 1.29 is 9.53 Å². The monoisotopic (exact) mass is 241 g/mol. The highest BCUT2D eigenvalue weighted by Gasteiger charge is 1.97. The molecule has 0 fully saturated rings. The summed E-state index contributed by atoms with van der Waals surface area (Å²) in [6.07, 6.45) is 3.99. The lowest BCUT2D eigenvalue weighted by atomic mass is 10.1. The van der Waals surface area contributed by atoms with Gasteiger partial charge in [-0.1, -0.05) is 30.4 Å². The lowest BCUT2D eigenvalue weighted by molar-refractivity contribution is -0.139. The number of carbonyl (C=O) groups is 1. The molecule has 2 N–H and O–H groups in total. The van der Waals surface area contributed by atoms with E-state index in [9.17, 15) is 4.79 Å². The van der Waals surface area contributed by atoms with Gasteiger partial charge in [0.05, 0.1) is 13.5 Å². The van der Waals surface area contributed by atoms with Crippen molar-refractivity contribution >= 4 is 28.5 Å². The topological polar surface area (TPSA) is 52.3 Å². The first-order valence-electron chi connectivity index (χ1n) is 5.72. The summed E-state index contributed by atoms with van der Waals surface area (Å²) in [4.78, 5) is 11.0. The predicted octanol–water partition coefficient (Wildman–Crippen LogP) is 3.00. The van der Waals surface area contributed by atoms with Gasteiger partial charge in [-0.3, -0.25) is 4.79 Å². The van der Waals surface area contributed by atoms with Crippen LogP contribution in [-0.4, -0.2) is 13.1 Å². The normalized spacial score (nSPS) is 10.9. The zero-order chi connectivity index (χ0) is 13.0. The second-order valence-electron chi connectivity index (χ2n) is 4.05. The zero-order valence-corrected chi connectivity index (χ0v) is 10.2. The Morgan fingerprint density at radius 1 is 1.22 bits per heavy atom. The van der Waals surface area contributed by atoms with E-state index in [1.54, 1.807) is 6.08 Å². The second-order valence-corrected chi connectivity index (χ2v) is 4.05. The molecule has 0 aliphatic carbocycles. The summed E-state index contributed by atoms with van der Waals surface area (Å²) in [6.45, 7) is 0. The molecule has 2 aromatic carbocycles. The molecule has 3 heteroatoms. The Morgan fingerprint density at radius 3 is 2.72 bits per heavy atom. The summed E-state index contributed by atoms with van der Waals surface area (Å²) in [5.74, 6) is -0.236. The molecule has 0 aliphatic heterocycles. The van der Waals surface area contributed by atoms with Gasteiger partial charge in [-0.25, -0.2) is 0 Å². The minimum atomic E-state index is -0.236. The lowest BCUT2D eigenvalue weighted by Crippen LogP contribution is -1.96. The van der Waals surface area contributed by atoms with Crippen molar-refractivity contribution in [3.63, 3.8) is 0 Å². The van der Waals surface area contributed by atoms with E-state index in [4.69, 9.17) is 5.73 Å². The number of carbonyl (C=O) groups excluding carboxylic acids is 1. The summed E-state index contributed by atoms with van der Waals surface area (Å²) in [6, 6.07) is 11.9. The number of benzene rings is 2. The molecule has 0 aromatic heterocycles. The molecule has 0 heterocycles. The summed E-state index contributed by atoms with van der Waals surface area (Å²) < 4.78 is 4.57. The maximum absolute atomic E-state index is 11.0. The van der Waals surface area contributed by atoms with Crippen LogP contribution >= 0.6 is 0 Å². The van der Waals surface area contributed by atoms with Gasteiger partial charge in [0, 0.05) is 5.69 Å². The predicted molar refractivity (Wildman–Crippen MR) is 74.0 cm³/mol. The van der Waals surface area contributed by atoms with Crippen LogP contribution in [0.3, 0.4) is 0 Å². The maximum Gasteiger partial charge on any atom is 0.309 e. The minimum Gasteiger partial charge on any atom is -0.469 e. The Hall–Kier alpha value is -2.29. The van der Waals surface area contributed by atoms with E-state index in [1.165, 1.54) is 7.11 Å². The highest BCUT2D eigenvalue weighted by Crippen LogP contribution is 2.19. The molecular weight excluding hydrogens is 226 g/mol. The molecule has 0 aliphatic rings. The molecule has 0 amide bonds. The van der Waals surface area contributed by atoms with Gasteiger partial charge >= 0.3 is 5.97 Å². The van der Waals surface area contributed by atoms with E-state index < -0.39 is 0 Å². The fourth-order valence-electron chi connectivity index (χ4n) is 1.76. The fourth-order valence-corrected chi connectivity index (χ4v) is 1.76. The van der Waals surface area contributed by atoms with E-state index in [2.05, 4.69) is 10.8 Å². The van der Waals surface area contributed by atoms with E-state index in [0.717, 1.165) is 22.0 Å². The van der Waals surface area contributed by atoms with Crippen molar-refractivity contribution in [2.75, 3.05) is 12.8 Å². The van der Waals surface area contributed by atoms with E-state index >= 15 is 0 Å². The van der Waals surface area contributed by atoms with Crippen molar-refractivity contribution in [1.29, 1.82) is 0 Å². The van der Waals surface area contributed by atoms with Gasteiger partial charge in [-0.15, -0.1) is 0 Å². The molecule has 92 valence electrons. The first-order chi connectivity index (χ1) is 8.69. The van der Waals surface area contributed by atoms with E-state index in [-0.39, 0.29) is 12.4 Å². The average molecular weight is 241 g/mol. The third-order valence-corrected chi connectivity index (χ3v) is 2.71. The molecule has 0 radical (unpaired) electrons. The summed E-state index contributed by atoms with van der Waals surface area (Å²) in [5.41, 5.74) is 7.54. The highest BCUT2D eigenvalue weighted by atomic mass is 16.5. The van der Waals surface area contributed by atoms with Gasteiger partial charge in [0.2, 0.25) is 0 Å². The molecule has 0 saturated carbocycles. The van der Waals surface area contributed by atoms with Gasteiger partial charge in [-0.2, -0.15) is 0 Å². The molecule has 0 saturated heterocycles. The molecule has 0 unspecified atom stereocenters. The summed E-state index contributed by atoms with van der Waals surface area (Å²) >= 11 is 0. The minimum absolute atomic E-state index is 0.236. The number of hydrogen-bond acceptors (Lipinski definition) is 3. The van der Waals surface area contributed by atoms with Crippen molar-refractivity contribution in [2.45, 2.75) is 6.42 Å². The van der Waals surface area contributed by atoms with Crippen LogP contribution in [0.15, 0.2) is 42.5 Å². The quantitative estimate of drug-likeness (QED) is 0.664. The average Bonchev–Trinajstić information content (AvgIpc) is 2.38. The Labute approximate surface area is 106 Å². The van der Waals surface area contributed by atoms with Crippen LogP contribution in [0.4, 0.5) is 5.69 Å². The van der Waals surface area contributed by atoms with Crippen LogP contribution < -0.4 is 5.73 Å². The lowest BCUT2D eigenvalue weighted by Gasteiger charge is -2.01.